The first kappa shape index (κ1) is 25.8. The number of carbonyl (C=O) groups excluding carboxylic acids is 2. The second kappa shape index (κ2) is 12.0. The summed E-state index contributed by atoms with van der Waals surface area (Å²) >= 11 is 7.04. The average Bonchev–Trinajstić information content (AvgIpc) is 2.82. The molecule has 3 rings (SSSR count). The number of nitrogens with one attached hydrogen (secondary N) is 2. The summed E-state index contributed by atoms with van der Waals surface area (Å²) in [6.45, 7) is 8.90. The van der Waals surface area contributed by atoms with Crippen LogP contribution >= 0.6 is 24.0 Å². The van der Waals surface area contributed by atoms with Crippen LogP contribution in [0.2, 0.25) is 0 Å². The van der Waals surface area contributed by atoms with Gasteiger partial charge in [-0.05, 0) is 61.8 Å². The van der Waals surface area contributed by atoms with Crippen molar-refractivity contribution in [3.05, 3.63) is 71.4 Å². The number of amides is 1. The number of carbonyl (C=O) groups is 2. The number of thiocarbonyl (C=S) groups is 1. The van der Waals surface area contributed by atoms with Gasteiger partial charge in [-0.1, -0.05) is 44.2 Å². The maximum atomic E-state index is 13.0. The lowest BCUT2D eigenvalue weighted by molar-refractivity contribution is -0.140. The molecular weight excluding hydrogens is 466 g/mol. The molecule has 0 fully saturated rings. The van der Waals surface area contributed by atoms with Crippen LogP contribution in [0.25, 0.3) is 0 Å². The Labute approximate surface area is 211 Å². The van der Waals surface area contributed by atoms with Crippen molar-refractivity contribution in [1.29, 1.82) is 0 Å². The number of thioether (sulfide) groups is 1. The van der Waals surface area contributed by atoms with E-state index in [4.69, 9.17) is 17.0 Å². The van der Waals surface area contributed by atoms with Gasteiger partial charge >= 0.3 is 5.97 Å². The van der Waals surface area contributed by atoms with Gasteiger partial charge in [0, 0.05) is 22.8 Å². The Hall–Kier alpha value is -2.84. The predicted molar refractivity (Wildman–Crippen MR) is 142 cm³/mol. The summed E-state index contributed by atoms with van der Waals surface area (Å²) < 4.78 is 5.57. The highest BCUT2D eigenvalue weighted by Crippen LogP contribution is 2.32. The Morgan fingerprint density at radius 2 is 1.82 bits per heavy atom. The lowest BCUT2D eigenvalue weighted by atomic mass is 9.94. The highest BCUT2D eigenvalue weighted by Gasteiger charge is 2.34. The molecule has 34 heavy (non-hydrogen) atoms. The van der Waals surface area contributed by atoms with Gasteiger partial charge in [0.1, 0.15) is 0 Å². The van der Waals surface area contributed by atoms with Crippen LogP contribution in [0.3, 0.4) is 0 Å². The third kappa shape index (κ3) is 6.61. The fraction of sp³-hybridized carbons (Fsp3) is 0.346. The lowest BCUT2D eigenvalue weighted by Gasteiger charge is -2.37. The smallest absolute Gasteiger partial charge is 0.338 e. The van der Waals surface area contributed by atoms with Gasteiger partial charge in [-0.25, -0.2) is 4.79 Å². The Morgan fingerprint density at radius 3 is 2.44 bits per heavy atom. The van der Waals surface area contributed by atoms with Crippen molar-refractivity contribution >= 4 is 46.7 Å². The van der Waals surface area contributed by atoms with E-state index in [0.717, 1.165) is 16.2 Å². The van der Waals surface area contributed by atoms with Crippen LogP contribution in [0, 0.1) is 5.92 Å². The number of hydrogen-bond donors (Lipinski definition) is 2. The molecule has 0 spiro atoms. The van der Waals surface area contributed by atoms with Gasteiger partial charge < -0.3 is 20.3 Å². The van der Waals surface area contributed by atoms with Gasteiger partial charge in [-0.3, -0.25) is 4.79 Å². The van der Waals surface area contributed by atoms with E-state index in [9.17, 15) is 9.59 Å². The molecule has 2 aromatic rings. The molecule has 1 unspecified atom stereocenters. The summed E-state index contributed by atoms with van der Waals surface area (Å²) in [5, 5.41) is 6.78. The molecule has 0 bridgehead atoms. The number of esters is 1. The summed E-state index contributed by atoms with van der Waals surface area (Å²) in [6, 6.07) is 16.8. The molecule has 1 amide bonds. The summed E-state index contributed by atoms with van der Waals surface area (Å²) in [5.41, 5.74) is 2.90. The molecule has 0 saturated heterocycles. The Bertz CT molecular complexity index is 1050. The van der Waals surface area contributed by atoms with E-state index in [2.05, 4.69) is 10.6 Å². The van der Waals surface area contributed by atoms with Crippen LogP contribution in [0.1, 0.15) is 39.3 Å². The topological polar surface area (TPSA) is 70.7 Å². The number of allylic oxidation sites excluding steroid dienone is 1. The highest BCUT2D eigenvalue weighted by molar-refractivity contribution is 8.00. The number of anilines is 1. The lowest BCUT2D eigenvalue weighted by Crippen LogP contribution is -2.47. The molecule has 180 valence electrons. The van der Waals surface area contributed by atoms with E-state index >= 15 is 0 Å². The molecule has 1 atom stereocenters. The quantitative estimate of drug-likeness (QED) is 0.282. The number of nitrogens with zero attached hydrogens (tertiary/aromatic N) is 1. The fourth-order valence-corrected chi connectivity index (χ4v) is 4.72. The number of benzene rings is 2. The molecule has 0 aliphatic carbocycles. The van der Waals surface area contributed by atoms with Gasteiger partial charge in [0.2, 0.25) is 5.91 Å². The van der Waals surface area contributed by atoms with Gasteiger partial charge in [-0.2, -0.15) is 0 Å². The minimum atomic E-state index is -0.423. The molecule has 6 nitrogen and oxygen atoms in total. The van der Waals surface area contributed by atoms with Gasteiger partial charge in [0.15, 0.2) is 5.11 Å². The minimum absolute atomic E-state index is 0.0779. The second-order valence-electron chi connectivity index (χ2n) is 8.39. The summed E-state index contributed by atoms with van der Waals surface area (Å²) in [6.07, 6.45) is 0. The second-order valence-corrected chi connectivity index (χ2v) is 9.83. The van der Waals surface area contributed by atoms with E-state index in [0.29, 0.717) is 35.3 Å². The van der Waals surface area contributed by atoms with Crippen LogP contribution in [-0.2, 0) is 14.3 Å². The SMILES string of the molecule is CCN1C(=S)NC(c2ccc(NC(=O)CSc3ccccc3)cc2)C(C(=O)OCC(C)C)=C1C. The average molecular weight is 498 g/mol. The number of hydrogen-bond acceptors (Lipinski definition) is 5. The molecule has 0 radical (unpaired) electrons. The zero-order valence-electron chi connectivity index (χ0n) is 20.0. The molecule has 1 aliphatic rings. The minimum Gasteiger partial charge on any atom is -0.462 e. The van der Waals surface area contributed by atoms with Crippen molar-refractivity contribution in [3.63, 3.8) is 0 Å². The third-order valence-electron chi connectivity index (χ3n) is 5.32. The predicted octanol–water partition coefficient (Wildman–Crippen LogP) is 5.14. The maximum Gasteiger partial charge on any atom is 0.338 e. The zero-order chi connectivity index (χ0) is 24.7. The van der Waals surface area contributed by atoms with Crippen molar-refractivity contribution < 1.29 is 14.3 Å². The monoisotopic (exact) mass is 497 g/mol. The van der Waals surface area contributed by atoms with Crippen LogP contribution in [0.4, 0.5) is 5.69 Å². The van der Waals surface area contributed by atoms with E-state index < -0.39 is 6.04 Å². The molecular formula is C26H31N3O3S2. The molecule has 8 heteroatoms. The fourth-order valence-electron chi connectivity index (χ4n) is 3.62. The molecule has 2 N–H and O–H groups in total. The van der Waals surface area contributed by atoms with Gasteiger partial charge in [-0.15, -0.1) is 11.8 Å². The van der Waals surface area contributed by atoms with E-state index in [-0.39, 0.29) is 17.8 Å². The van der Waals surface area contributed by atoms with Crippen molar-refractivity contribution in [1.82, 2.24) is 10.2 Å². The number of ether oxygens (including phenoxy) is 1. The first-order valence-electron chi connectivity index (χ1n) is 11.3. The highest BCUT2D eigenvalue weighted by atomic mass is 32.2. The molecule has 0 aromatic heterocycles. The van der Waals surface area contributed by atoms with Crippen LogP contribution in [0.5, 0.6) is 0 Å². The third-order valence-corrected chi connectivity index (χ3v) is 6.67. The first-order valence-corrected chi connectivity index (χ1v) is 12.7. The van der Waals surface area contributed by atoms with E-state index in [1.165, 1.54) is 11.8 Å². The maximum absolute atomic E-state index is 13.0. The summed E-state index contributed by atoms with van der Waals surface area (Å²) in [7, 11) is 0. The van der Waals surface area contributed by atoms with Crippen LogP contribution in [-0.4, -0.2) is 40.8 Å². The largest absolute Gasteiger partial charge is 0.462 e. The van der Waals surface area contributed by atoms with Crippen molar-refractivity contribution in [2.45, 2.75) is 38.6 Å². The Kier molecular flexibility index (Phi) is 9.12. The standard InChI is InChI=1S/C26H31N3O3S2/c1-5-29-18(4)23(25(31)32-15-17(2)3)24(28-26(29)33)19-11-13-20(14-12-19)27-22(30)16-34-21-9-7-6-8-10-21/h6-14,17,24H,5,15-16H2,1-4H3,(H,27,30)(H,28,33). The molecule has 2 aromatic carbocycles. The normalized spacial score (nSPS) is 15.9. The van der Waals surface area contributed by atoms with E-state index in [1.807, 2.05) is 87.2 Å². The van der Waals surface area contributed by atoms with Gasteiger partial charge in [0.05, 0.1) is 24.0 Å². The van der Waals surface area contributed by atoms with Gasteiger partial charge in [0.25, 0.3) is 0 Å². The summed E-state index contributed by atoms with van der Waals surface area (Å²) in [4.78, 5) is 28.3. The first-order chi connectivity index (χ1) is 16.3. The van der Waals surface area contributed by atoms with E-state index in [1.54, 1.807) is 0 Å². The van der Waals surface area contributed by atoms with Crippen molar-refractivity contribution in [2.24, 2.45) is 5.92 Å². The molecule has 1 heterocycles. The summed E-state index contributed by atoms with van der Waals surface area (Å²) in [5.74, 6) is 0.141. The molecule has 1 aliphatic heterocycles. The molecule has 0 saturated carbocycles. The Balaban J connectivity index is 1.73. The Morgan fingerprint density at radius 1 is 1.15 bits per heavy atom. The van der Waals surface area contributed by atoms with Crippen molar-refractivity contribution in [3.8, 4) is 0 Å². The number of rotatable bonds is 9. The van der Waals surface area contributed by atoms with Crippen LogP contribution in [0.15, 0.2) is 70.8 Å². The van der Waals surface area contributed by atoms with Crippen LogP contribution < -0.4 is 10.6 Å². The van der Waals surface area contributed by atoms with Crippen molar-refractivity contribution in [2.75, 3.05) is 24.2 Å². The zero-order valence-corrected chi connectivity index (χ0v) is 21.6.